The molecule has 1 aromatic carbocycles. The van der Waals surface area contributed by atoms with Gasteiger partial charge in [-0.15, -0.1) is 0 Å². The van der Waals surface area contributed by atoms with Crippen LogP contribution >= 0.6 is 11.6 Å². The van der Waals surface area contributed by atoms with Gasteiger partial charge in [-0.3, -0.25) is 0 Å². The van der Waals surface area contributed by atoms with Crippen LogP contribution in [-0.4, -0.2) is 19.1 Å². The first-order valence-corrected chi connectivity index (χ1v) is 5.70. The van der Waals surface area contributed by atoms with Crippen LogP contribution < -0.4 is 10.6 Å². The number of halogens is 1. The van der Waals surface area contributed by atoms with Crippen molar-refractivity contribution in [3.63, 3.8) is 0 Å². The lowest BCUT2D eigenvalue weighted by molar-refractivity contribution is 0.656. The zero-order valence-electron chi connectivity index (χ0n) is 9.63. The Kier molecular flexibility index (Phi) is 4.43. The van der Waals surface area contributed by atoms with E-state index in [1.807, 2.05) is 12.1 Å². The summed E-state index contributed by atoms with van der Waals surface area (Å²) >= 11 is 5.94. The fourth-order valence-electron chi connectivity index (χ4n) is 1.79. The van der Waals surface area contributed by atoms with E-state index >= 15 is 0 Å². The quantitative estimate of drug-likeness (QED) is 0.856. The molecule has 0 spiro atoms. The molecular formula is C12H19ClN2. The van der Waals surface area contributed by atoms with E-state index in [4.69, 9.17) is 17.3 Å². The van der Waals surface area contributed by atoms with Crippen LogP contribution in [0.1, 0.15) is 19.4 Å². The zero-order valence-corrected chi connectivity index (χ0v) is 10.4. The van der Waals surface area contributed by atoms with E-state index < -0.39 is 0 Å². The molecule has 0 aliphatic heterocycles. The normalized spacial score (nSPS) is 12.6. The van der Waals surface area contributed by atoms with Crippen LogP contribution in [0.3, 0.4) is 0 Å². The molecule has 0 aromatic heterocycles. The molecule has 0 heterocycles. The maximum absolute atomic E-state index is 5.94. The lowest BCUT2D eigenvalue weighted by Crippen LogP contribution is -2.38. The van der Waals surface area contributed by atoms with Crippen LogP contribution in [0.25, 0.3) is 0 Å². The Bertz CT molecular complexity index is 325. The van der Waals surface area contributed by atoms with Crippen molar-refractivity contribution < 1.29 is 0 Å². The molecule has 0 saturated carbocycles. The summed E-state index contributed by atoms with van der Waals surface area (Å²) in [5, 5.41) is 0.785. The highest BCUT2D eigenvalue weighted by Crippen LogP contribution is 2.24. The number of benzene rings is 1. The van der Waals surface area contributed by atoms with E-state index in [1.165, 1.54) is 11.3 Å². The molecule has 0 saturated heterocycles. The average molecular weight is 227 g/mol. The number of nitrogens with zero attached hydrogens (tertiary/aromatic N) is 1. The summed E-state index contributed by atoms with van der Waals surface area (Å²) in [5.74, 6) is 0. The largest absolute Gasteiger partial charge is 0.368 e. The molecule has 0 amide bonds. The zero-order chi connectivity index (χ0) is 11.4. The van der Waals surface area contributed by atoms with E-state index in [9.17, 15) is 0 Å². The summed E-state index contributed by atoms with van der Waals surface area (Å²) < 4.78 is 0. The third-order valence-electron chi connectivity index (χ3n) is 2.68. The minimum absolute atomic E-state index is 0.356. The number of hydrogen-bond acceptors (Lipinski definition) is 2. The molecular weight excluding hydrogens is 208 g/mol. The molecule has 0 aliphatic carbocycles. The highest BCUT2D eigenvalue weighted by molar-refractivity contribution is 6.30. The van der Waals surface area contributed by atoms with Gasteiger partial charge in [0.2, 0.25) is 0 Å². The minimum atomic E-state index is 0.356. The number of likely N-dealkylation sites (N-methyl/N-ethyl adjacent to an activating group) is 1. The van der Waals surface area contributed by atoms with Crippen molar-refractivity contribution in [3.05, 3.63) is 28.8 Å². The predicted octanol–water partition coefficient (Wildman–Crippen LogP) is 2.82. The predicted molar refractivity (Wildman–Crippen MR) is 67.7 cm³/mol. The lowest BCUT2D eigenvalue weighted by Gasteiger charge is -2.30. The van der Waals surface area contributed by atoms with E-state index in [1.54, 1.807) is 0 Å². The van der Waals surface area contributed by atoms with Gasteiger partial charge >= 0.3 is 0 Å². The Morgan fingerprint density at radius 2 is 2.13 bits per heavy atom. The van der Waals surface area contributed by atoms with E-state index in [0.717, 1.165) is 11.6 Å². The average Bonchev–Trinajstić information content (AvgIpc) is 2.21. The first kappa shape index (κ1) is 12.3. The maximum atomic E-state index is 5.94. The summed E-state index contributed by atoms with van der Waals surface area (Å²) in [6, 6.07) is 6.33. The van der Waals surface area contributed by atoms with Gasteiger partial charge < -0.3 is 10.6 Å². The lowest BCUT2D eigenvalue weighted by atomic mass is 10.1. The fraction of sp³-hybridized carbons (Fsp3) is 0.500. The van der Waals surface area contributed by atoms with Crippen molar-refractivity contribution in [2.75, 3.05) is 18.0 Å². The third-order valence-corrected chi connectivity index (χ3v) is 2.92. The molecule has 2 N–H and O–H groups in total. The molecule has 0 bridgehead atoms. The van der Waals surface area contributed by atoms with Crippen molar-refractivity contribution in [2.24, 2.45) is 5.73 Å². The maximum Gasteiger partial charge on any atom is 0.0410 e. The van der Waals surface area contributed by atoms with Gasteiger partial charge in [0.25, 0.3) is 0 Å². The van der Waals surface area contributed by atoms with E-state index in [-0.39, 0.29) is 0 Å². The van der Waals surface area contributed by atoms with Crippen molar-refractivity contribution in [3.8, 4) is 0 Å². The molecule has 84 valence electrons. The second-order valence-corrected chi connectivity index (χ2v) is 4.24. The molecule has 1 unspecified atom stereocenters. The number of aryl methyl sites for hydroxylation is 1. The summed E-state index contributed by atoms with van der Waals surface area (Å²) in [7, 11) is 0. The monoisotopic (exact) mass is 226 g/mol. The number of anilines is 1. The Labute approximate surface area is 97.0 Å². The highest BCUT2D eigenvalue weighted by Gasteiger charge is 2.13. The molecule has 1 aromatic rings. The summed E-state index contributed by atoms with van der Waals surface area (Å²) in [5.41, 5.74) is 8.12. The SMILES string of the molecule is CCN(c1ccc(Cl)cc1C)C(C)CN. The Hall–Kier alpha value is -0.730. The van der Waals surface area contributed by atoms with Crippen molar-refractivity contribution >= 4 is 17.3 Å². The van der Waals surface area contributed by atoms with Crippen LogP contribution in [0, 0.1) is 6.92 Å². The van der Waals surface area contributed by atoms with Gasteiger partial charge in [0.05, 0.1) is 0 Å². The van der Waals surface area contributed by atoms with Crippen LogP contribution in [0.5, 0.6) is 0 Å². The smallest absolute Gasteiger partial charge is 0.0410 e. The van der Waals surface area contributed by atoms with Crippen molar-refractivity contribution in [2.45, 2.75) is 26.8 Å². The minimum Gasteiger partial charge on any atom is -0.368 e. The number of nitrogens with two attached hydrogens (primary N) is 1. The highest BCUT2D eigenvalue weighted by atomic mass is 35.5. The standard InChI is InChI=1S/C12H19ClN2/c1-4-15(10(3)8-14)12-6-5-11(13)7-9(12)2/h5-7,10H,4,8,14H2,1-3H3. The Morgan fingerprint density at radius 3 is 2.60 bits per heavy atom. The summed E-state index contributed by atoms with van der Waals surface area (Å²) in [6.07, 6.45) is 0. The molecule has 0 fully saturated rings. The van der Waals surface area contributed by atoms with E-state index in [2.05, 4.69) is 31.7 Å². The first-order chi connectivity index (χ1) is 7.10. The van der Waals surface area contributed by atoms with Gasteiger partial charge in [0, 0.05) is 29.8 Å². The third kappa shape index (κ3) is 2.86. The van der Waals surface area contributed by atoms with Gasteiger partial charge in [0.1, 0.15) is 0 Å². The van der Waals surface area contributed by atoms with Crippen LogP contribution in [-0.2, 0) is 0 Å². The Morgan fingerprint density at radius 1 is 1.47 bits per heavy atom. The molecule has 0 radical (unpaired) electrons. The molecule has 0 aliphatic rings. The fourth-order valence-corrected chi connectivity index (χ4v) is 2.01. The topological polar surface area (TPSA) is 29.3 Å². The van der Waals surface area contributed by atoms with Crippen LogP contribution in [0.2, 0.25) is 5.02 Å². The van der Waals surface area contributed by atoms with Gasteiger partial charge in [-0.25, -0.2) is 0 Å². The molecule has 1 atom stereocenters. The summed E-state index contributed by atoms with van der Waals surface area (Å²) in [6.45, 7) is 7.97. The Balaban J connectivity index is 3.01. The second kappa shape index (κ2) is 5.38. The summed E-state index contributed by atoms with van der Waals surface area (Å²) in [4.78, 5) is 2.30. The first-order valence-electron chi connectivity index (χ1n) is 5.33. The molecule has 1 rings (SSSR count). The van der Waals surface area contributed by atoms with E-state index in [0.29, 0.717) is 12.6 Å². The van der Waals surface area contributed by atoms with Gasteiger partial charge in [-0.05, 0) is 44.5 Å². The van der Waals surface area contributed by atoms with Crippen molar-refractivity contribution in [1.82, 2.24) is 0 Å². The van der Waals surface area contributed by atoms with Crippen LogP contribution in [0.4, 0.5) is 5.69 Å². The van der Waals surface area contributed by atoms with Crippen molar-refractivity contribution in [1.29, 1.82) is 0 Å². The second-order valence-electron chi connectivity index (χ2n) is 3.80. The van der Waals surface area contributed by atoms with Gasteiger partial charge in [-0.1, -0.05) is 11.6 Å². The van der Waals surface area contributed by atoms with Gasteiger partial charge in [-0.2, -0.15) is 0 Å². The van der Waals surface area contributed by atoms with Gasteiger partial charge in [0.15, 0.2) is 0 Å². The molecule has 15 heavy (non-hydrogen) atoms. The molecule has 2 nitrogen and oxygen atoms in total. The number of hydrogen-bond donors (Lipinski definition) is 1. The molecule has 3 heteroatoms. The number of rotatable bonds is 4. The van der Waals surface area contributed by atoms with Crippen LogP contribution in [0.15, 0.2) is 18.2 Å².